The highest BCUT2D eigenvalue weighted by molar-refractivity contribution is 6.00. The number of aliphatic imine (C=N–C) groups is 2. The number of hydrogen-bond donors (Lipinski definition) is 2. The van der Waals surface area contributed by atoms with Crippen molar-refractivity contribution in [2.75, 3.05) is 62.2 Å². The summed E-state index contributed by atoms with van der Waals surface area (Å²) in [6.07, 6.45) is -3.05. The summed E-state index contributed by atoms with van der Waals surface area (Å²) in [6, 6.07) is 15.6. The minimum absolute atomic E-state index is 0.0713. The van der Waals surface area contributed by atoms with Crippen LogP contribution in [0.1, 0.15) is 83.1 Å². The van der Waals surface area contributed by atoms with E-state index >= 15 is 0 Å². The van der Waals surface area contributed by atoms with Gasteiger partial charge in [0, 0.05) is 74.9 Å². The number of alkyl carbamates (subject to hydrolysis) is 2. The van der Waals surface area contributed by atoms with Crippen molar-refractivity contribution in [2.45, 2.75) is 105 Å². The first-order chi connectivity index (χ1) is 29.3. The van der Waals surface area contributed by atoms with Gasteiger partial charge in [0.2, 0.25) is 23.7 Å². The molecule has 2 aliphatic heterocycles. The van der Waals surface area contributed by atoms with Gasteiger partial charge in [-0.3, -0.25) is 10.6 Å². The van der Waals surface area contributed by atoms with Gasteiger partial charge in [0.15, 0.2) is 0 Å². The number of ether oxygens (including phenoxy) is 4. The summed E-state index contributed by atoms with van der Waals surface area (Å²) in [5, 5.41) is 13.9. The Morgan fingerprint density at radius 3 is 1.08 bits per heavy atom. The Morgan fingerprint density at radius 2 is 0.794 bits per heavy atom. The van der Waals surface area contributed by atoms with Crippen LogP contribution in [-0.2, 0) is 18.9 Å². The second kappa shape index (κ2) is 19.3. The predicted molar refractivity (Wildman–Crippen MR) is 239 cm³/mol. The predicted octanol–water partition coefficient (Wildman–Crippen LogP) is 7.28. The van der Waals surface area contributed by atoms with Crippen LogP contribution in [0.25, 0.3) is 22.9 Å². The number of carbonyl (C=O) groups excluding carboxylic acids is 4. The van der Waals surface area contributed by atoms with E-state index in [0.717, 1.165) is 22.5 Å². The highest BCUT2D eigenvalue weighted by Crippen LogP contribution is 2.28. The first-order valence-corrected chi connectivity index (χ1v) is 21.0. The Hall–Kier alpha value is -6.40. The minimum Gasteiger partial charge on any atom is -0.444 e. The van der Waals surface area contributed by atoms with Crippen LogP contribution >= 0.6 is 0 Å². The summed E-state index contributed by atoms with van der Waals surface area (Å²) in [5.41, 5.74) is 0.503. The van der Waals surface area contributed by atoms with Crippen LogP contribution in [0.15, 0.2) is 62.9 Å². The van der Waals surface area contributed by atoms with Gasteiger partial charge < -0.3 is 43.0 Å². The van der Waals surface area contributed by atoms with Crippen LogP contribution in [0.5, 0.6) is 0 Å². The average molecular weight is 875 g/mol. The molecule has 1 aromatic heterocycles. The van der Waals surface area contributed by atoms with Crippen LogP contribution in [0, 0.1) is 0 Å². The molecule has 63 heavy (non-hydrogen) atoms. The lowest BCUT2D eigenvalue weighted by Crippen LogP contribution is -2.54. The summed E-state index contributed by atoms with van der Waals surface area (Å²) < 4.78 is 27.7. The lowest BCUT2D eigenvalue weighted by Gasteiger charge is -2.37. The number of nitrogens with one attached hydrogen (secondary N) is 2. The normalized spacial score (nSPS) is 15.7. The van der Waals surface area contributed by atoms with Crippen molar-refractivity contribution in [3.8, 4) is 22.9 Å². The van der Waals surface area contributed by atoms with Gasteiger partial charge >= 0.3 is 24.4 Å². The number of rotatable bonds is 4. The molecule has 5 rings (SSSR count). The van der Waals surface area contributed by atoms with Crippen LogP contribution < -0.4 is 20.4 Å². The number of carbonyl (C=O) groups is 4. The van der Waals surface area contributed by atoms with E-state index in [1.165, 1.54) is 0 Å². The molecule has 19 heteroatoms. The third-order valence-electron chi connectivity index (χ3n) is 8.95. The molecule has 0 bridgehead atoms. The molecule has 2 saturated heterocycles. The van der Waals surface area contributed by atoms with E-state index < -0.39 is 46.8 Å². The van der Waals surface area contributed by atoms with Gasteiger partial charge in [-0.05, 0) is 132 Å². The molecule has 342 valence electrons. The molecular formula is C44H62N10O9. The molecule has 4 amide bonds. The number of guanidine groups is 2. The zero-order valence-corrected chi connectivity index (χ0v) is 38.5. The molecule has 3 heterocycles. The number of nitrogens with zero attached hydrogens (tertiary/aromatic N) is 8. The molecule has 19 nitrogen and oxygen atoms in total. The molecular weight excluding hydrogens is 813 g/mol. The first kappa shape index (κ1) is 47.6. The van der Waals surface area contributed by atoms with Crippen molar-refractivity contribution in [3.05, 3.63) is 48.5 Å². The summed E-state index contributed by atoms with van der Waals surface area (Å²) in [5.74, 6) is 0.896. The maximum Gasteiger partial charge on any atom is 0.437 e. The summed E-state index contributed by atoms with van der Waals surface area (Å²) in [7, 11) is 0. The maximum absolute atomic E-state index is 12.6. The van der Waals surface area contributed by atoms with Crippen molar-refractivity contribution in [1.29, 1.82) is 0 Å². The average Bonchev–Trinajstić information content (AvgIpc) is 3.65. The van der Waals surface area contributed by atoms with E-state index in [-0.39, 0.29) is 11.9 Å². The number of anilines is 2. The van der Waals surface area contributed by atoms with Gasteiger partial charge in [0.25, 0.3) is 0 Å². The zero-order valence-electron chi connectivity index (χ0n) is 38.5. The molecule has 3 aromatic rings. The number of amides is 4. The second-order valence-electron chi connectivity index (χ2n) is 19.0. The standard InChI is InChI=1S/C44H62N10O9/c1-41(2,3)60-37(55)45-35(46-38(56)61-42(4,5)6)53-25-21-51(22-26-53)31-17-13-29(14-18-31)33-49-50-34(59-33)30-15-19-32(20-16-30)52-23-27-54(28-24-52)36(47-39(57)62-43(7,8)9)48-40(58)63-44(10,11)12/h13-20H,21-28H2,1-12H3,(H,45,46,55,56)(H,47,48,57,58). The second-order valence-corrected chi connectivity index (χ2v) is 19.0. The number of aromatic nitrogens is 2. The maximum atomic E-state index is 12.6. The van der Waals surface area contributed by atoms with E-state index in [4.69, 9.17) is 23.4 Å². The molecule has 2 aromatic carbocycles. The number of hydrogen-bond acceptors (Lipinski definition) is 13. The fourth-order valence-corrected chi connectivity index (χ4v) is 6.33. The highest BCUT2D eigenvalue weighted by atomic mass is 16.6. The van der Waals surface area contributed by atoms with Crippen LogP contribution in [-0.4, -0.2) is 131 Å². The van der Waals surface area contributed by atoms with Crippen LogP contribution in [0.2, 0.25) is 0 Å². The lowest BCUT2D eigenvalue weighted by molar-refractivity contribution is 0.0535. The van der Waals surface area contributed by atoms with Crippen molar-refractivity contribution >= 4 is 47.7 Å². The monoisotopic (exact) mass is 874 g/mol. The van der Waals surface area contributed by atoms with E-state index in [1.807, 2.05) is 58.3 Å². The topological polar surface area (TPSA) is 206 Å². The van der Waals surface area contributed by atoms with Crippen molar-refractivity contribution in [2.24, 2.45) is 9.98 Å². The van der Waals surface area contributed by atoms with Crippen molar-refractivity contribution in [1.82, 2.24) is 30.6 Å². The first-order valence-electron chi connectivity index (χ1n) is 21.0. The van der Waals surface area contributed by atoms with E-state index in [9.17, 15) is 19.2 Å². The Morgan fingerprint density at radius 1 is 0.492 bits per heavy atom. The van der Waals surface area contributed by atoms with E-state index in [1.54, 1.807) is 83.1 Å². The van der Waals surface area contributed by atoms with Crippen LogP contribution in [0.4, 0.5) is 30.6 Å². The largest absolute Gasteiger partial charge is 0.444 e. The molecule has 0 unspecified atom stereocenters. The Kier molecular flexibility index (Phi) is 14.6. The zero-order chi connectivity index (χ0) is 46.3. The van der Waals surface area contributed by atoms with E-state index in [0.29, 0.717) is 64.1 Å². The van der Waals surface area contributed by atoms with Gasteiger partial charge in [-0.25, -0.2) is 19.2 Å². The smallest absolute Gasteiger partial charge is 0.437 e. The Bertz CT molecular complexity index is 1980. The molecule has 0 radical (unpaired) electrons. The molecule has 0 atom stereocenters. The Labute approximate surface area is 369 Å². The summed E-state index contributed by atoms with van der Waals surface area (Å²) in [4.78, 5) is 66.7. The van der Waals surface area contributed by atoms with E-state index in [2.05, 4.69) is 40.6 Å². The van der Waals surface area contributed by atoms with Gasteiger partial charge in [0.05, 0.1) is 0 Å². The third kappa shape index (κ3) is 15.2. The summed E-state index contributed by atoms with van der Waals surface area (Å²) in [6.45, 7) is 25.3. The van der Waals surface area contributed by atoms with Crippen LogP contribution in [0.3, 0.4) is 0 Å². The molecule has 2 fully saturated rings. The molecule has 0 saturated carbocycles. The van der Waals surface area contributed by atoms with Gasteiger partial charge in [-0.2, -0.15) is 0 Å². The lowest BCUT2D eigenvalue weighted by atomic mass is 10.1. The molecule has 0 spiro atoms. The van der Waals surface area contributed by atoms with Crippen molar-refractivity contribution < 1.29 is 42.5 Å². The minimum atomic E-state index is -0.810. The third-order valence-corrected chi connectivity index (χ3v) is 8.95. The fraction of sp³-hybridized carbons (Fsp3) is 0.545. The molecule has 2 aliphatic rings. The number of benzene rings is 2. The van der Waals surface area contributed by atoms with Gasteiger partial charge in [0.1, 0.15) is 22.4 Å². The van der Waals surface area contributed by atoms with Crippen molar-refractivity contribution in [3.63, 3.8) is 0 Å². The fourth-order valence-electron chi connectivity index (χ4n) is 6.33. The van der Waals surface area contributed by atoms with Gasteiger partial charge in [-0.1, -0.05) is 0 Å². The SMILES string of the molecule is CC(C)(C)OC(=O)/N=C(/NC(=O)OC(C)(C)C)N1CCN(c2ccc(-c3nnc(-c4ccc(N5CCN(/C(=N/C(=O)OC(C)(C)C)NC(=O)OC(C)(C)C)CC5)cc4)o3)cc2)CC1. The Balaban J connectivity index is 1.17. The quantitative estimate of drug-likeness (QED) is 0.150. The molecule has 0 aliphatic carbocycles. The highest BCUT2D eigenvalue weighted by Gasteiger charge is 2.28. The number of piperazine rings is 2. The van der Waals surface area contributed by atoms with Gasteiger partial charge in [-0.15, -0.1) is 20.2 Å². The summed E-state index contributed by atoms with van der Waals surface area (Å²) >= 11 is 0. The molecule has 2 N–H and O–H groups in total.